The summed E-state index contributed by atoms with van der Waals surface area (Å²) in [7, 11) is 0. The van der Waals surface area contributed by atoms with Crippen molar-refractivity contribution in [1.82, 2.24) is 0 Å². The van der Waals surface area contributed by atoms with Crippen LogP contribution in [0.15, 0.2) is 24.3 Å². The highest BCUT2D eigenvalue weighted by Gasteiger charge is 2.40. The van der Waals surface area contributed by atoms with Gasteiger partial charge in [-0.15, -0.1) is 0 Å². The van der Waals surface area contributed by atoms with Crippen LogP contribution in [0.3, 0.4) is 0 Å². The van der Waals surface area contributed by atoms with Crippen molar-refractivity contribution >= 4 is 13.5 Å². The van der Waals surface area contributed by atoms with Gasteiger partial charge in [-0.1, -0.05) is 154 Å². The molecule has 0 aliphatic carbocycles. The van der Waals surface area contributed by atoms with E-state index in [1.165, 1.54) is 180 Å². The van der Waals surface area contributed by atoms with Crippen molar-refractivity contribution in [3.63, 3.8) is 0 Å². The Morgan fingerprint density at radius 1 is 0.511 bits per heavy atom. The zero-order valence-corrected chi connectivity index (χ0v) is 31.5. The molecule has 45 heavy (non-hydrogen) atoms. The molecule has 0 saturated carbocycles. The Morgan fingerprint density at radius 3 is 1.20 bits per heavy atom. The van der Waals surface area contributed by atoms with Gasteiger partial charge in [0.1, 0.15) is 0 Å². The van der Waals surface area contributed by atoms with Crippen molar-refractivity contribution < 1.29 is 14.6 Å². The first-order valence-electron chi connectivity index (χ1n) is 20.0. The first-order valence-corrected chi connectivity index (χ1v) is 20.0. The lowest BCUT2D eigenvalue weighted by Gasteiger charge is -2.28. The molecular formula is C41H80O3S. The molecule has 0 amide bonds. The van der Waals surface area contributed by atoms with Crippen LogP contribution in [-0.2, 0) is 9.47 Å². The molecule has 0 radical (unpaired) electrons. The van der Waals surface area contributed by atoms with Gasteiger partial charge in [0.25, 0.3) is 0 Å². The second-order valence-electron chi connectivity index (χ2n) is 13.8. The summed E-state index contributed by atoms with van der Waals surface area (Å²) in [6.07, 6.45) is 49.9. The van der Waals surface area contributed by atoms with Crippen molar-refractivity contribution in [2.24, 2.45) is 0 Å². The van der Waals surface area contributed by atoms with Crippen molar-refractivity contribution in [1.29, 1.82) is 0 Å². The van der Waals surface area contributed by atoms with E-state index in [0.29, 0.717) is 13.0 Å². The molecule has 1 fully saturated rings. The Bertz CT molecular complexity index is 592. The van der Waals surface area contributed by atoms with E-state index in [1.54, 1.807) is 0 Å². The number of hydrogen-bond donors (Lipinski definition) is 1. The molecule has 0 aromatic heterocycles. The molecular weight excluding hydrogens is 573 g/mol. The molecule has 1 aliphatic rings. The summed E-state index contributed by atoms with van der Waals surface area (Å²) in [6, 6.07) is 0. The number of allylic oxidation sites excluding steroid dienone is 4. The van der Waals surface area contributed by atoms with Gasteiger partial charge in [-0.3, -0.25) is 0 Å². The molecule has 1 saturated heterocycles. The molecule has 0 aromatic carbocycles. The largest absolute Gasteiger partial charge is 0.396 e. The Labute approximate surface area is 289 Å². The average molecular weight is 653 g/mol. The highest BCUT2D eigenvalue weighted by molar-refractivity contribution is 7.59. The normalized spacial score (nSPS) is 16.3. The maximum atomic E-state index is 9.40. The van der Waals surface area contributed by atoms with Gasteiger partial charge in [0.2, 0.25) is 0 Å². The zero-order chi connectivity index (χ0) is 31.7. The minimum absolute atomic E-state index is 0. The lowest BCUT2D eigenvalue weighted by atomic mass is 9.98. The van der Waals surface area contributed by atoms with Crippen LogP contribution in [0.4, 0.5) is 0 Å². The molecule has 0 unspecified atom stereocenters. The number of ether oxygens (including phenoxy) is 2. The third-order valence-electron chi connectivity index (χ3n) is 9.50. The van der Waals surface area contributed by atoms with Crippen LogP contribution in [0.1, 0.15) is 213 Å². The predicted molar refractivity (Wildman–Crippen MR) is 204 cm³/mol. The van der Waals surface area contributed by atoms with Gasteiger partial charge < -0.3 is 14.6 Å². The highest BCUT2D eigenvalue weighted by Crippen LogP contribution is 2.35. The van der Waals surface area contributed by atoms with Crippen LogP contribution >= 0.6 is 13.5 Å². The maximum Gasteiger partial charge on any atom is 0.168 e. The predicted octanol–water partition coefficient (Wildman–Crippen LogP) is 13.4. The summed E-state index contributed by atoms with van der Waals surface area (Å²) >= 11 is 0. The molecule has 1 heterocycles. The van der Waals surface area contributed by atoms with E-state index in [1.807, 2.05) is 0 Å². The summed E-state index contributed by atoms with van der Waals surface area (Å²) in [4.78, 5) is 0. The van der Waals surface area contributed by atoms with E-state index in [4.69, 9.17) is 9.47 Å². The minimum Gasteiger partial charge on any atom is -0.396 e. The molecule has 1 atom stereocenters. The van der Waals surface area contributed by atoms with E-state index in [2.05, 4.69) is 38.2 Å². The Hall–Kier alpha value is -0.290. The lowest BCUT2D eigenvalue weighted by molar-refractivity contribution is -0.180. The Balaban J connectivity index is 0.0000194. The summed E-state index contributed by atoms with van der Waals surface area (Å²) in [5.41, 5.74) is 0. The summed E-state index contributed by atoms with van der Waals surface area (Å²) in [6.45, 7) is 5.41. The van der Waals surface area contributed by atoms with Gasteiger partial charge in [0, 0.05) is 19.4 Å². The Morgan fingerprint density at radius 2 is 0.844 bits per heavy atom. The number of aliphatic hydroxyl groups excluding tert-OH is 1. The van der Waals surface area contributed by atoms with Crippen LogP contribution < -0.4 is 0 Å². The van der Waals surface area contributed by atoms with E-state index >= 15 is 0 Å². The topological polar surface area (TPSA) is 38.7 Å². The molecule has 0 spiro atoms. The number of hydrogen-bond acceptors (Lipinski definition) is 3. The van der Waals surface area contributed by atoms with E-state index in [0.717, 1.165) is 12.8 Å². The second kappa shape index (κ2) is 35.0. The molecule has 1 aliphatic heterocycles. The second-order valence-corrected chi connectivity index (χ2v) is 13.8. The van der Waals surface area contributed by atoms with Gasteiger partial charge >= 0.3 is 0 Å². The summed E-state index contributed by atoms with van der Waals surface area (Å²) in [5, 5.41) is 9.40. The van der Waals surface area contributed by atoms with Crippen LogP contribution in [0, 0.1) is 0 Å². The molecule has 0 bridgehead atoms. The first kappa shape index (κ1) is 44.7. The fourth-order valence-corrected chi connectivity index (χ4v) is 6.57. The van der Waals surface area contributed by atoms with Crippen LogP contribution in [0.5, 0.6) is 0 Å². The molecule has 0 aromatic rings. The fourth-order valence-electron chi connectivity index (χ4n) is 6.57. The quantitative estimate of drug-likeness (QED) is 0.0555. The zero-order valence-electron chi connectivity index (χ0n) is 30.5. The van der Waals surface area contributed by atoms with Crippen LogP contribution in [0.2, 0.25) is 0 Å². The Kier molecular flexibility index (Phi) is 34.8. The third kappa shape index (κ3) is 28.4. The van der Waals surface area contributed by atoms with Gasteiger partial charge in [0.15, 0.2) is 5.79 Å². The van der Waals surface area contributed by atoms with Crippen LogP contribution in [-0.4, -0.2) is 30.2 Å². The summed E-state index contributed by atoms with van der Waals surface area (Å²) in [5.74, 6) is -0.387. The smallest absolute Gasteiger partial charge is 0.168 e. The highest BCUT2D eigenvalue weighted by atomic mass is 32.1. The number of aliphatic hydroxyl groups is 1. The van der Waals surface area contributed by atoms with Crippen molar-refractivity contribution in [2.45, 2.75) is 225 Å². The van der Waals surface area contributed by atoms with E-state index < -0.39 is 0 Å². The molecule has 3 nitrogen and oxygen atoms in total. The van der Waals surface area contributed by atoms with Crippen LogP contribution in [0.25, 0.3) is 0 Å². The third-order valence-corrected chi connectivity index (χ3v) is 9.50. The molecule has 268 valence electrons. The molecule has 4 heteroatoms. The van der Waals surface area contributed by atoms with Crippen molar-refractivity contribution in [3.8, 4) is 0 Å². The van der Waals surface area contributed by atoms with Crippen molar-refractivity contribution in [2.75, 3.05) is 13.2 Å². The van der Waals surface area contributed by atoms with Crippen molar-refractivity contribution in [3.05, 3.63) is 24.3 Å². The SMILES string of the molecule is CCCCCCCC/C=C\CCCCCCCCC1(CCCCCCCC/C=C\CCCCCCCC)OC[C@H](CCO)O1.S. The van der Waals surface area contributed by atoms with Gasteiger partial charge in [0.05, 0.1) is 12.7 Å². The van der Waals surface area contributed by atoms with Gasteiger partial charge in [-0.05, 0) is 70.6 Å². The average Bonchev–Trinajstić information content (AvgIpc) is 3.43. The number of rotatable bonds is 34. The first-order chi connectivity index (χ1) is 21.8. The minimum atomic E-state index is -0.387. The van der Waals surface area contributed by atoms with Gasteiger partial charge in [-0.2, -0.15) is 13.5 Å². The van der Waals surface area contributed by atoms with Gasteiger partial charge in [-0.25, -0.2) is 0 Å². The molecule has 1 N–H and O–H groups in total. The van der Waals surface area contributed by atoms with E-state index in [9.17, 15) is 5.11 Å². The van der Waals surface area contributed by atoms with E-state index in [-0.39, 0.29) is 32.0 Å². The fraction of sp³-hybridized carbons (Fsp3) is 0.902. The summed E-state index contributed by atoms with van der Waals surface area (Å²) < 4.78 is 12.7. The number of unbranched alkanes of at least 4 members (excludes halogenated alkanes) is 24. The maximum absolute atomic E-state index is 9.40. The molecule has 1 rings (SSSR count). The lowest BCUT2D eigenvalue weighted by Crippen LogP contribution is -2.31. The monoisotopic (exact) mass is 653 g/mol. The standard InChI is InChI=1S/C41H78O3.H2S/c1-3-5-7-9-11-13-15-17-19-21-23-25-27-29-31-33-36-41(43-39-40(44-41)35-38-42)37-34-32-30-28-26-24-22-20-18-16-14-12-10-8-6-4-2;/h17-20,40,42H,3-16,21-39H2,1-2H3;1H2/b19-17-,20-18-;/t40-;/m0./s1.